The van der Waals surface area contributed by atoms with Gasteiger partial charge in [-0.25, -0.2) is 8.96 Å². The van der Waals surface area contributed by atoms with E-state index in [1.165, 1.54) is 12.1 Å². The Kier molecular flexibility index (Phi) is 10.5. The van der Waals surface area contributed by atoms with Gasteiger partial charge in [-0.05, 0) is 104 Å². The summed E-state index contributed by atoms with van der Waals surface area (Å²) >= 11 is 1.13. The number of thiophene rings is 1. The maximum Gasteiger partial charge on any atom is 0.524 e. The molecule has 0 radical (unpaired) electrons. The molecule has 8 nitrogen and oxygen atoms in total. The second kappa shape index (κ2) is 14.2. The molecule has 246 valence electrons. The first-order valence-corrected chi connectivity index (χ1v) is 17.7. The van der Waals surface area contributed by atoms with E-state index >= 15 is 0 Å². The maximum absolute atomic E-state index is 14.2. The van der Waals surface area contributed by atoms with Gasteiger partial charge in [0.2, 0.25) is 5.78 Å². The number of aryl methyl sites for hydroxylation is 3. The number of fused-ring (bicyclic) bond motifs is 1. The van der Waals surface area contributed by atoms with Crippen LogP contribution in [-0.2, 0) is 17.4 Å². The highest BCUT2D eigenvalue weighted by Crippen LogP contribution is 2.49. The summed E-state index contributed by atoms with van der Waals surface area (Å²) < 4.78 is 56.9. The van der Waals surface area contributed by atoms with Crippen LogP contribution in [0.15, 0.2) is 42.5 Å². The van der Waals surface area contributed by atoms with Crippen molar-refractivity contribution in [2.24, 2.45) is 0 Å². The summed E-state index contributed by atoms with van der Waals surface area (Å²) in [6.45, 7) is 9.11. The van der Waals surface area contributed by atoms with Crippen molar-refractivity contribution in [1.82, 2.24) is 4.90 Å². The molecule has 1 fully saturated rings. The van der Waals surface area contributed by atoms with Crippen LogP contribution in [0.1, 0.15) is 64.2 Å². The fourth-order valence-corrected chi connectivity index (χ4v) is 7.77. The minimum Gasteiger partial charge on any atom is -0.489 e. The van der Waals surface area contributed by atoms with Gasteiger partial charge in [0.05, 0.1) is 6.67 Å². The fraction of sp³-hybridized carbons (Fsp3) is 0.382. The predicted molar refractivity (Wildman–Crippen MR) is 175 cm³/mol. The van der Waals surface area contributed by atoms with Crippen molar-refractivity contribution in [2.75, 3.05) is 26.3 Å². The molecule has 0 unspecified atom stereocenters. The van der Waals surface area contributed by atoms with Crippen LogP contribution in [0.5, 0.6) is 23.0 Å². The van der Waals surface area contributed by atoms with Gasteiger partial charge in [0.1, 0.15) is 34.0 Å². The highest BCUT2D eigenvalue weighted by atomic mass is 32.1. The molecule has 2 heterocycles. The van der Waals surface area contributed by atoms with Gasteiger partial charge in [-0.2, -0.15) is 0 Å². The number of phosphoric acid groups is 1. The number of benzene rings is 3. The Morgan fingerprint density at radius 2 is 1.70 bits per heavy atom. The van der Waals surface area contributed by atoms with Gasteiger partial charge in [0.15, 0.2) is 5.75 Å². The van der Waals surface area contributed by atoms with Crippen LogP contribution < -0.4 is 14.0 Å². The quantitative estimate of drug-likeness (QED) is 0.108. The summed E-state index contributed by atoms with van der Waals surface area (Å²) in [6.07, 6.45) is 2.26. The number of ketones is 1. The predicted octanol–water partition coefficient (Wildman–Crippen LogP) is 8.09. The largest absolute Gasteiger partial charge is 0.524 e. The molecule has 0 saturated carbocycles. The minimum absolute atomic E-state index is 0.00255. The van der Waals surface area contributed by atoms with Crippen molar-refractivity contribution in [3.63, 3.8) is 0 Å². The fourth-order valence-electron chi connectivity index (χ4n) is 6.22. The third kappa shape index (κ3) is 7.45. The average Bonchev–Trinajstić information content (AvgIpc) is 3.58. The van der Waals surface area contributed by atoms with Crippen LogP contribution >= 0.6 is 19.2 Å². The number of likely N-dealkylation sites (tertiary alicyclic amines) is 1. The van der Waals surface area contributed by atoms with E-state index in [2.05, 4.69) is 4.90 Å². The van der Waals surface area contributed by atoms with Gasteiger partial charge >= 0.3 is 7.82 Å². The number of nitrogens with zero attached hydrogens (tertiary/aromatic N) is 1. The molecule has 46 heavy (non-hydrogen) atoms. The van der Waals surface area contributed by atoms with Crippen LogP contribution in [0.2, 0.25) is 0 Å². The summed E-state index contributed by atoms with van der Waals surface area (Å²) in [4.78, 5) is 35.9. The summed E-state index contributed by atoms with van der Waals surface area (Å²) in [7, 11) is -4.86. The van der Waals surface area contributed by atoms with E-state index in [0.717, 1.165) is 36.4 Å². The van der Waals surface area contributed by atoms with Gasteiger partial charge in [0.25, 0.3) is 0 Å². The van der Waals surface area contributed by atoms with Gasteiger partial charge in [-0.15, -0.1) is 11.3 Å². The van der Waals surface area contributed by atoms with Crippen LogP contribution in [0, 0.1) is 19.7 Å². The normalized spacial score (nSPS) is 15.4. The number of hydrogen-bond donors (Lipinski definition) is 2. The Morgan fingerprint density at radius 1 is 1.04 bits per heavy atom. The highest BCUT2D eigenvalue weighted by molar-refractivity contribution is 7.46. The smallest absolute Gasteiger partial charge is 0.489 e. The number of ether oxygens (including phenoxy) is 2. The van der Waals surface area contributed by atoms with Crippen LogP contribution in [0.3, 0.4) is 0 Å². The average molecular weight is 674 g/mol. The lowest BCUT2D eigenvalue weighted by Gasteiger charge is -2.17. The Morgan fingerprint density at radius 3 is 2.30 bits per heavy atom. The number of alkyl halides is 1. The second-order valence-electron chi connectivity index (χ2n) is 11.4. The molecule has 0 spiro atoms. The number of carbonyl (C=O) groups is 1. The molecule has 5 rings (SSSR count). The van der Waals surface area contributed by atoms with Crippen LogP contribution in [0.4, 0.5) is 8.78 Å². The van der Waals surface area contributed by atoms with E-state index in [4.69, 9.17) is 14.0 Å². The molecule has 0 bridgehead atoms. The van der Waals surface area contributed by atoms with Crippen LogP contribution in [0.25, 0.3) is 10.1 Å². The van der Waals surface area contributed by atoms with Crippen molar-refractivity contribution < 1.29 is 41.9 Å². The van der Waals surface area contributed by atoms with Crippen LogP contribution in [-0.4, -0.2) is 52.9 Å². The Labute approximate surface area is 271 Å². The number of halogens is 2. The van der Waals surface area contributed by atoms with E-state index < -0.39 is 13.6 Å². The third-order valence-corrected chi connectivity index (χ3v) is 9.71. The topological polar surface area (TPSA) is 106 Å². The summed E-state index contributed by atoms with van der Waals surface area (Å²) in [5, 5.41) is 0.655. The number of carbonyl (C=O) groups excluding carboxylic acids is 1. The van der Waals surface area contributed by atoms with Gasteiger partial charge in [-0.1, -0.05) is 13.8 Å². The molecular weight excluding hydrogens is 635 g/mol. The lowest BCUT2D eigenvalue weighted by molar-refractivity contribution is 0.103. The number of rotatable bonds is 13. The Balaban J connectivity index is 1.56. The summed E-state index contributed by atoms with van der Waals surface area (Å²) in [5.74, 6) is 0.707. The molecule has 1 aromatic heterocycles. The molecule has 0 aliphatic carbocycles. The van der Waals surface area contributed by atoms with Gasteiger partial charge < -0.3 is 14.0 Å². The Hall–Kier alpha value is -3.34. The molecule has 4 aromatic rings. The van der Waals surface area contributed by atoms with Crippen molar-refractivity contribution in [3.05, 3.63) is 81.0 Å². The molecular formula is C34H38F2NO7PS. The zero-order valence-corrected chi connectivity index (χ0v) is 28.0. The lowest BCUT2D eigenvalue weighted by Crippen LogP contribution is -2.26. The SMILES string of the molecule is CCc1c(OP(=O)(O)O)cc2sc(C(=O)c3c(C)cc(F)cc3C)c(Oc3ccc(O[C@H]4CCN(CCCF)C4)cc3)c2c1CC. The van der Waals surface area contributed by atoms with Crippen molar-refractivity contribution in [3.8, 4) is 23.0 Å². The summed E-state index contributed by atoms with van der Waals surface area (Å²) in [5.41, 5.74) is 2.69. The molecule has 3 aromatic carbocycles. The molecule has 12 heteroatoms. The first kappa shape index (κ1) is 34.0. The minimum atomic E-state index is -4.86. The van der Waals surface area contributed by atoms with Crippen molar-refractivity contribution in [2.45, 2.75) is 59.5 Å². The molecule has 1 aliphatic rings. The van der Waals surface area contributed by atoms with E-state index in [1.54, 1.807) is 44.2 Å². The molecule has 1 aliphatic heterocycles. The zero-order valence-electron chi connectivity index (χ0n) is 26.3. The van der Waals surface area contributed by atoms with E-state index in [9.17, 15) is 27.9 Å². The zero-order chi connectivity index (χ0) is 33.2. The molecule has 1 saturated heterocycles. The maximum atomic E-state index is 14.2. The summed E-state index contributed by atoms with van der Waals surface area (Å²) in [6, 6.07) is 11.3. The number of hydrogen-bond acceptors (Lipinski definition) is 7. The molecule has 2 N–H and O–H groups in total. The van der Waals surface area contributed by atoms with Gasteiger partial charge in [-0.3, -0.25) is 23.9 Å². The number of phosphoric ester groups is 1. The first-order chi connectivity index (χ1) is 21.9. The van der Waals surface area contributed by atoms with Gasteiger partial charge in [0, 0.05) is 35.3 Å². The monoisotopic (exact) mass is 673 g/mol. The molecule has 1 atom stereocenters. The third-order valence-electron chi connectivity index (χ3n) is 8.16. The lowest BCUT2D eigenvalue weighted by atomic mass is 9.95. The Bertz CT molecular complexity index is 1760. The highest BCUT2D eigenvalue weighted by Gasteiger charge is 2.30. The van der Waals surface area contributed by atoms with E-state index in [0.29, 0.717) is 75.4 Å². The van der Waals surface area contributed by atoms with Crippen molar-refractivity contribution in [1.29, 1.82) is 0 Å². The van der Waals surface area contributed by atoms with E-state index in [-0.39, 0.29) is 29.2 Å². The second-order valence-corrected chi connectivity index (χ2v) is 13.7. The molecule has 0 amide bonds. The first-order valence-electron chi connectivity index (χ1n) is 15.3. The van der Waals surface area contributed by atoms with E-state index in [1.807, 2.05) is 13.8 Å². The standard InChI is InChI=1S/C34H38F2NO7PS/c1-5-26-27(6-2)31-29(18-28(26)44-45(39,40)41)46-34(32(38)30-20(3)16-22(36)17-21(30)4)33(31)43-24-10-8-23(9-11-24)42-25-12-15-37(19-25)14-7-13-35/h8-11,16-18,25H,5-7,12-15,19H2,1-4H3,(H2,39,40,41)/t25-/m0/s1. The van der Waals surface area contributed by atoms with Crippen molar-refractivity contribution >= 4 is 35.0 Å².